The van der Waals surface area contributed by atoms with Crippen LogP contribution in [0, 0.1) is 0 Å². The maximum atomic E-state index is 12.3. The molecule has 0 fully saturated rings. The van der Waals surface area contributed by atoms with E-state index in [0.717, 1.165) is 0 Å². The van der Waals surface area contributed by atoms with Gasteiger partial charge >= 0.3 is 6.61 Å². The summed E-state index contributed by atoms with van der Waals surface area (Å²) >= 11 is 6.03. The van der Waals surface area contributed by atoms with Crippen LogP contribution in [0.1, 0.15) is 5.56 Å². The molecule has 2 aromatic carbocycles. The number of hydrogen-bond acceptors (Lipinski definition) is 3. The fourth-order valence-electron chi connectivity index (χ4n) is 1.89. The Bertz CT molecular complexity index is 750. The SMILES string of the molecule is COc1ccc(NC(=O)C=Cc2ccccc2OC(F)F)c(Cl)c1. The third-order valence-electron chi connectivity index (χ3n) is 2.98. The Hall–Kier alpha value is -2.60. The number of rotatable bonds is 6. The van der Waals surface area contributed by atoms with Gasteiger partial charge in [-0.3, -0.25) is 4.79 Å². The molecule has 0 aromatic heterocycles. The summed E-state index contributed by atoms with van der Waals surface area (Å²) in [7, 11) is 1.51. The van der Waals surface area contributed by atoms with Crippen molar-refractivity contribution < 1.29 is 23.0 Å². The summed E-state index contributed by atoms with van der Waals surface area (Å²) in [4.78, 5) is 11.9. The number of ether oxygens (including phenoxy) is 2. The van der Waals surface area contributed by atoms with Gasteiger partial charge in [-0.2, -0.15) is 8.78 Å². The standard InChI is InChI=1S/C17H14ClF2NO3/c1-23-12-7-8-14(13(18)10-12)21-16(22)9-6-11-4-2-3-5-15(11)24-17(19)20/h2-10,17H,1H3,(H,21,22). The second kappa shape index (κ2) is 8.31. The summed E-state index contributed by atoms with van der Waals surface area (Å²) in [5, 5.41) is 2.91. The van der Waals surface area contributed by atoms with Crippen molar-refractivity contribution in [2.24, 2.45) is 0 Å². The number of anilines is 1. The molecule has 2 aromatic rings. The van der Waals surface area contributed by atoms with Gasteiger partial charge in [0.05, 0.1) is 17.8 Å². The molecule has 1 N–H and O–H groups in total. The van der Waals surface area contributed by atoms with E-state index in [1.807, 2.05) is 0 Å². The first-order valence-corrected chi connectivity index (χ1v) is 7.24. The van der Waals surface area contributed by atoms with Crippen LogP contribution in [0.5, 0.6) is 11.5 Å². The number of hydrogen-bond donors (Lipinski definition) is 1. The number of carbonyl (C=O) groups is 1. The van der Waals surface area contributed by atoms with Crippen LogP contribution in [0.2, 0.25) is 5.02 Å². The highest BCUT2D eigenvalue weighted by Crippen LogP contribution is 2.27. The van der Waals surface area contributed by atoms with Crippen LogP contribution in [0.4, 0.5) is 14.5 Å². The molecule has 0 atom stereocenters. The van der Waals surface area contributed by atoms with Crippen LogP contribution in [0.3, 0.4) is 0 Å². The van der Waals surface area contributed by atoms with Gasteiger partial charge in [0.1, 0.15) is 11.5 Å². The zero-order valence-electron chi connectivity index (χ0n) is 12.6. The van der Waals surface area contributed by atoms with E-state index in [2.05, 4.69) is 10.1 Å². The Morgan fingerprint density at radius 2 is 2.00 bits per heavy atom. The Balaban J connectivity index is 2.08. The summed E-state index contributed by atoms with van der Waals surface area (Å²) in [5.41, 5.74) is 0.762. The first kappa shape index (κ1) is 17.7. The molecule has 0 saturated heterocycles. The monoisotopic (exact) mass is 353 g/mol. The highest BCUT2D eigenvalue weighted by molar-refractivity contribution is 6.34. The molecule has 0 spiro atoms. The molecule has 24 heavy (non-hydrogen) atoms. The maximum Gasteiger partial charge on any atom is 0.387 e. The smallest absolute Gasteiger partial charge is 0.387 e. The van der Waals surface area contributed by atoms with Crippen molar-refractivity contribution in [3.63, 3.8) is 0 Å². The average Bonchev–Trinajstić information content (AvgIpc) is 2.55. The molecule has 0 radical (unpaired) electrons. The Morgan fingerprint density at radius 3 is 2.67 bits per heavy atom. The van der Waals surface area contributed by atoms with E-state index in [9.17, 15) is 13.6 Å². The molecule has 0 aliphatic carbocycles. The molecule has 4 nitrogen and oxygen atoms in total. The summed E-state index contributed by atoms with van der Waals surface area (Å²) in [6, 6.07) is 11.0. The van der Waals surface area contributed by atoms with Gasteiger partial charge in [0.15, 0.2) is 0 Å². The minimum absolute atomic E-state index is 0.0148. The number of para-hydroxylation sites is 1. The zero-order valence-corrected chi connectivity index (χ0v) is 13.4. The molecule has 0 bridgehead atoms. The topological polar surface area (TPSA) is 47.6 Å². The molecule has 0 aliphatic rings. The second-order valence-corrected chi connectivity index (χ2v) is 4.99. The zero-order chi connectivity index (χ0) is 17.5. The second-order valence-electron chi connectivity index (χ2n) is 4.58. The molecule has 0 aliphatic heterocycles. The van der Waals surface area contributed by atoms with Crippen LogP contribution in [-0.2, 0) is 4.79 Å². The average molecular weight is 354 g/mol. The van der Waals surface area contributed by atoms with Gasteiger partial charge in [0.2, 0.25) is 5.91 Å². The summed E-state index contributed by atoms with van der Waals surface area (Å²) in [6.07, 6.45) is 2.58. The highest BCUT2D eigenvalue weighted by Gasteiger charge is 2.08. The molecule has 2 rings (SSSR count). The van der Waals surface area contributed by atoms with Crippen LogP contribution in [-0.4, -0.2) is 19.6 Å². The number of benzene rings is 2. The van der Waals surface area contributed by atoms with E-state index < -0.39 is 12.5 Å². The molecule has 0 unspecified atom stereocenters. The summed E-state index contributed by atoms with van der Waals surface area (Å²) < 4.78 is 34.1. The van der Waals surface area contributed by atoms with Gasteiger partial charge < -0.3 is 14.8 Å². The Kier molecular flexibility index (Phi) is 6.14. The Labute approximate surface area is 142 Å². The Morgan fingerprint density at radius 1 is 1.25 bits per heavy atom. The fraction of sp³-hybridized carbons (Fsp3) is 0.118. The van der Waals surface area contributed by atoms with Crippen molar-refractivity contribution in [3.05, 3.63) is 59.1 Å². The van der Waals surface area contributed by atoms with Gasteiger partial charge in [-0.25, -0.2) is 0 Å². The number of alkyl halides is 2. The maximum absolute atomic E-state index is 12.3. The molecule has 0 heterocycles. The van der Waals surface area contributed by atoms with Crippen molar-refractivity contribution in [2.75, 3.05) is 12.4 Å². The number of halogens is 3. The van der Waals surface area contributed by atoms with Crippen molar-refractivity contribution in [1.82, 2.24) is 0 Å². The molecular weight excluding hydrogens is 340 g/mol. The normalized spacial score (nSPS) is 10.9. The summed E-state index contributed by atoms with van der Waals surface area (Å²) in [6.45, 7) is -2.94. The van der Waals surface area contributed by atoms with Crippen LogP contribution in [0.25, 0.3) is 6.08 Å². The summed E-state index contributed by atoms with van der Waals surface area (Å²) in [5.74, 6) is 0.0829. The van der Waals surface area contributed by atoms with Crippen molar-refractivity contribution >= 4 is 29.3 Å². The van der Waals surface area contributed by atoms with Crippen LogP contribution >= 0.6 is 11.6 Å². The highest BCUT2D eigenvalue weighted by atomic mass is 35.5. The number of nitrogens with one attached hydrogen (secondary N) is 1. The van der Waals surface area contributed by atoms with E-state index in [1.54, 1.807) is 36.4 Å². The van der Waals surface area contributed by atoms with Crippen LogP contribution < -0.4 is 14.8 Å². The minimum Gasteiger partial charge on any atom is -0.497 e. The van der Waals surface area contributed by atoms with Crippen molar-refractivity contribution in [1.29, 1.82) is 0 Å². The largest absolute Gasteiger partial charge is 0.497 e. The third kappa shape index (κ3) is 4.96. The lowest BCUT2D eigenvalue weighted by molar-refractivity contribution is -0.111. The third-order valence-corrected chi connectivity index (χ3v) is 3.30. The lowest BCUT2D eigenvalue weighted by atomic mass is 10.2. The van der Waals surface area contributed by atoms with E-state index >= 15 is 0 Å². The predicted molar refractivity (Wildman–Crippen MR) is 88.7 cm³/mol. The lowest BCUT2D eigenvalue weighted by Crippen LogP contribution is -2.08. The number of carbonyl (C=O) groups excluding carboxylic acids is 1. The fourth-order valence-corrected chi connectivity index (χ4v) is 2.10. The van der Waals surface area contributed by atoms with Gasteiger partial charge in [-0.1, -0.05) is 29.8 Å². The molecule has 1 amide bonds. The van der Waals surface area contributed by atoms with E-state index in [0.29, 0.717) is 22.0 Å². The molecule has 126 valence electrons. The molecular formula is C17H14ClF2NO3. The first-order valence-electron chi connectivity index (χ1n) is 6.86. The number of methoxy groups -OCH3 is 1. The lowest BCUT2D eigenvalue weighted by Gasteiger charge is -2.08. The van der Waals surface area contributed by atoms with Gasteiger partial charge in [0, 0.05) is 17.7 Å². The molecule has 0 saturated carbocycles. The number of amides is 1. The van der Waals surface area contributed by atoms with Crippen LogP contribution in [0.15, 0.2) is 48.5 Å². The van der Waals surface area contributed by atoms with Gasteiger partial charge in [-0.15, -0.1) is 0 Å². The minimum atomic E-state index is -2.94. The van der Waals surface area contributed by atoms with Gasteiger partial charge in [-0.05, 0) is 24.3 Å². The quantitative estimate of drug-likeness (QED) is 0.772. The predicted octanol–water partition coefficient (Wildman–Crippen LogP) is 4.60. The van der Waals surface area contributed by atoms with E-state index in [4.69, 9.17) is 16.3 Å². The van der Waals surface area contributed by atoms with E-state index in [1.165, 1.54) is 25.3 Å². The van der Waals surface area contributed by atoms with E-state index in [-0.39, 0.29) is 5.75 Å². The van der Waals surface area contributed by atoms with Gasteiger partial charge in [0.25, 0.3) is 0 Å². The molecule has 7 heteroatoms. The van der Waals surface area contributed by atoms with Crippen molar-refractivity contribution in [2.45, 2.75) is 6.61 Å². The first-order chi connectivity index (χ1) is 11.5. The van der Waals surface area contributed by atoms with Crippen molar-refractivity contribution in [3.8, 4) is 11.5 Å².